The van der Waals surface area contributed by atoms with Crippen LogP contribution in [-0.2, 0) is 0 Å². The van der Waals surface area contributed by atoms with Gasteiger partial charge in [-0.15, -0.1) is 0 Å². The molecule has 0 saturated heterocycles. The van der Waals surface area contributed by atoms with E-state index in [-0.39, 0.29) is 28.6 Å². The lowest BCUT2D eigenvalue weighted by atomic mass is 10.3. The molecule has 0 heterocycles. The molecule has 4 heteroatoms. The zero-order valence-corrected chi connectivity index (χ0v) is 14.5. The molecular formula is C9H17BrSi3. The Balaban J connectivity index is 3.20. The summed E-state index contributed by atoms with van der Waals surface area (Å²) in [4.78, 5) is 0. The predicted octanol–water partition coefficient (Wildman–Crippen LogP) is -1.02. The van der Waals surface area contributed by atoms with Gasteiger partial charge in [0.25, 0.3) is 0 Å². The minimum atomic E-state index is -0.00152. The van der Waals surface area contributed by atoms with E-state index in [2.05, 4.69) is 47.7 Å². The Morgan fingerprint density at radius 1 is 0.923 bits per heavy atom. The third kappa shape index (κ3) is 2.65. The molecular weight excluding hydrogens is 272 g/mol. The van der Waals surface area contributed by atoms with Crippen molar-refractivity contribution in [2.75, 3.05) is 0 Å². The van der Waals surface area contributed by atoms with Crippen LogP contribution >= 0.6 is 15.9 Å². The largest absolute Gasteiger partial charge is 0.0708 e. The molecule has 1 rings (SSSR count). The molecule has 0 aromatic heterocycles. The topological polar surface area (TPSA) is 0 Å². The average Bonchev–Trinajstić information content (AvgIpc) is 2.18. The van der Waals surface area contributed by atoms with Crippen LogP contribution in [-0.4, -0.2) is 28.6 Å². The molecule has 0 N–H and O–H groups in total. The highest BCUT2D eigenvalue weighted by molar-refractivity contribution is 9.10. The molecule has 0 aliphatic rings. The third-order valence-corrected chi connectivity index (χ3v) is 8.37. The van der Waals surface area contributed by atoms with E-state index >= 15 is 0 Å². The summed E-state index contributed by atoms with van der Waals surface area (Å²) in [5, 5.41) is 4.96. The van der Waals surface area contributed by atoms with E-state index in [9.17, 15) is 0 Å². The van der Waals surface area contributed by atoms with Gasteiger partial charge in [-0.25, -0.2) is 0 Å². The highest BCUT2D eigenvalue weighted by Crippen LogP contribution is 2.01. The van der Waals surface area contributed by atoms with Crippen LogP contribution in [0.1, 0.15) is 0 Å². The fourth-order valence-corrected chi connectivity index (χ4v) is 7.19. The molecule has 0 spiro atoms. The van der Waals surface area contributed by atoms with Crippen molar-refractivity contribution in [3.05, 3.63) is 16.6 Å². The van der Waals surface area contributed by atoms with Gasteiger partial charge < -0.3 is 0 Å². The number of hydrogen-bond acceptors (Lipinski definition) is 0. The Bertz CT molecular complexity index is 274. The number of hydrogen-bond donors (Lipinski definition) is 0. The highest BCUT2D eigenvalue weighted by Gasteiger charge is 2.05. The maximum absolute atomic E-state index is 3.75. The summed E-state index contributed by atoms with van der Waals surface area (Å²) >= 11 is 3.75. The molecule has 1 aromatic carbocycles. The molecule has 1 aromatic rings. The summed E-state index contributed by atoms with van der Waals surface area (Å²) in [6, 6.07) is 4.91. The molecule has 0 aliphatic carbocycles. The third-order valence-electron chi connectivity index (χ3n) is 2.45. The minimum absolute atomic E-state index is 0.00152. The first-order valence-electron chi connectivity index (χ1n) is 5.03. The van der Waals surface area contributed by atoms with Gasteiger partial charge in [0.1, 0.15) is 0 Å². The number of halogens is 1. The zero-order valence-electron chi connectivity index (χ0n) is 8.65. The van der Waals surface area contributed by atoms with E-state index in [1.807, 2.05) is 0 Å². The first-order valence-corrected chi connectivity index (χ1v) is 12.2. The predicted molar refractivity (Wildman–Crippen MR) is 76.3 cm³/mol. The van der Waals surface area contributed by atoms with Crippen LogP contribution in [0.5, 0.6) is 0 Å². The van der Waals surface area contributed by atoms with Gasteiger partial charge in [0.05, 0.1) is 28.6 Å². The fourth-order valence-electron chi connectivity index (χ4n) is 1.54. The maximum Gasteiger partial charge on any atom is 0.0531 e. The lowest BCUT2D eigenvalue weighted by molar-refractivity contribution is 1.81. The Labute approximate surface area is 96.1 Å². The van der Waals surface area contributed by atoms with Gasteiger partial charge in [-0.1, -0.05) is 63.3 Å². The highest BCUT2D eigenvalue weighted by atomic mass is 79.9. The maximum atomic E-state index is 3.75. The van der Waals surface area contributed by atoms with E-state index in [1.165, 1.54) is 4.47 Å². The summed E-state index contributed by atoms with van der Waals surface area (Å²) < 4.78 is 1.46. The first-order chi connectivity index (χ1) is 6.22. The minimum Gasteiger partial charge on any atom is -0.0708 e. The van der Waals surface area contributed by atoms with E-state index < -0.39 is 0 Å². The summed E-state index contributed by atoms with van der Waals surface area (Å²) in [5.41, 5.74) is 0. The molecule has 0 aliphatic heterocycles. The van der Waals surface area contributed by atoms with Crippen LogP contribution < -0.4 is 15.6 Å². The fraction of sp³-hybridized carbons (Fsp3) is 0.333. The van der Waals surface area contributed by atoms with Gasteiger partial charge in [0.2, 0.25) is 0 Å². The van der Waals surface area contributed by atoms with Crippen molar-refractivity contribution in [2.24, 2.45) is 0 Å². The standard InChI is InChI=1S/C9H17BrSi3/c1-11-6-4-7(12-2)9(10)8(5-6)13-3/h4-5H,11-13H2,1-3H3. The van der Waals surface area contributed by atoms with Crippen molar-refractivity contribution in [3.63, 3.8) is 0 Å². The number of benzene rings is 1. The lowest BCUT2D eigenvalue weighted by Gasteiger charge is -2.09. The molecule has 0 radical (unpaired) electrons. The monoisotopic (exact) mass is 288 g/mol. The molecule has 13 heavy (non-hydrogen) atoms. The smallest absolute Gasteiger partial charge is 0.0531 e. The van der Waals surface area contributed by atoms with E-state index in [4.69, 9.17) is 0 Å². The summed E-state index contributed by atoms with van der Waals surface area (Å²) in [7, 11) is 0.0344. The van der Waals surface area contributed by atoms with Crippen molar-refractivity contribution < 1.29 is 0 Å². The van der Waals surface area contributed by atoms with E-state index in [0.29, 0.717) is 0 Å². The van der Waals surface area contributed by atoms with Gasteiger partial charge in [0.15, 0.2) is 0 Å². The Hall–Kier alpha value is 0.351. The zero-order chi connectivity index (χ0) is 9.84. The second-order valence-electron chi connectivity index (χ2n) is 3.29. The van der Waals surface area contributed by atoms with Crippen molar-refractivity contribution >= 4 is 60.0 Å². The van der Waals surface area contributed by atoms with Crippen LogP contribution in [0.15, 0.2) is 16.6 Å². The first kappa shape index (κ1) is 11.4. The number of rotatable bonds is 3. The van der Waals surface area contributed by atoms with Gasteiger partial charge in [-0.2, -0.15) is 0 Å². The Morgan fingerprint density at radius 2 is 1.38 bits per heavy atom. The molecule has 0 unspecified atom stereocenters. The van der Waals surface area contributed by atoms with Gasteiger partial charge in [-0.05, 0) is 0 Å². The molecule has 0 bridgehead atoms. The summed E-state index contributed by atoms with van der Waals surface area (Å²) in [6.07, 6.45) is 0. The van der Waals surface area contributed by atoms with E-state index in [0.717, 1.165) is 0 Å². The normalized spacial score (nSPS) is 13.2. The van der Waals surface area contributed by atoms with Gasteiger partial charge in [0, 0.05) is 4.47 Å². The van der Waals surface area contributed by atoms with Gasteiger partial charge in [-0.3, -0.25) is 0 Å². The molecule has 0 atom stereocenters. The van der Waals surface area contributed by atoms with Crippen LogP contribution in [0.2, 0.25) is 19.6 Å². The average molecular weight is 289 g/mol. The summed E-state index contributed by atoms with van der Waals surface area (Å²) in [6.45, 7) is 7.13. The van der Waals surface area contributed by atoms with Crippen LogP contribution in [0.4, 0.5) is 0 Å². The quantitative estimate of drug-likeness (QED) is 0.625. The molecule has 0 amide bonds. The van der Waals surface area contributed by atoms with Crippen molar-refractivity contribution in [2.45, 2.75) is 19.6 Å². The SMILES string of the molecule is C[SiH2]c1cc([SiH2]C)c(Br)c([SiH2]C)c1. The van der Waals surface area contributed by atoms with Crippen LogP contribution in [0.25, 0.3) is 0 Å². The molecule has 0 nitrogen and oxygen atoms in total. The van der Waals surface area contributed by atoms with Crippen molar-refractivity contribution in [1.82, 2.24) is 0 Å². The van der Waals surface area contributed by atoms with Crippen LogP contribution in [0, 0.1) is 0 Å². The second-order valence-corrected chi connectivity index (χ2v) is 8.54. The van der Waals surface area contributed by atoms with Gasteiger partial charge >= 0.3 is 0 Å². The second kappa shape index (κ2) is 5.29. The van der Waals surface area contributed by atoms with Crippen molar-refractivity contribution in [1.29, 1.82) is 0 Å². The molecule has 0 fully saturated rings. The molecule has 0 saturated carbocycles. The lowest BCUT2D eigenvalue weighted by Crippen LogP contribution is -2.32. The van der Waals surface area contributed by atoms with E-state index in [1.54, 1.807) is 15.6 Å². The van der Waals surface area contributed by atoms with Crippen LogP contribution in [0.3, 0.4) is 0 Å². The molecule has 72 valence electrons. The van der Waals surface area contributed by atoms with Crippen molar-refractivity contribution in [3.8, 4) is 0 Å². The summed E-state index contributed by atoms with van der Waals surface area (Å²) in [5.74, 6) is 0. The Kier molecular flexibility index (Phi) is 4.65. The Morgan fingerprint density at radius 3 is 1.69 bits per heavy atom.